The van der Waals surface area contributed by atoms with Gasteiger partial charge in [0.1, 0.15) is 11.5 Å². The summed E-state index contributed by atoms with van der Waals surface area (Å²) in [5, 5.41) is 8.11. The zero-order valence-corrected chi connectivity index (χ0v) is 16.5. The van der Waals surface area contributed by atoms with Crippen molar-refractivity contribution in [2.75, 3.05) is 12.4 Å². The van der Waals surface area contributed by atoms with Crippen LogP contribution in [0.15, 0.2) is 77.4 Å². The van der Waals surface area contributed by atoms with Crippen molar-refractivity contribution in [1.29, 1.82) is 0 Å². The molecule has 1 atom stereocenters. The lowest BCUT2D eigenvalue weighted by molar-refractivity contribution is 0.0960. The third kappa shape index (κ3) is 3.26. The number of methoxy groups -OCH3 is 1. The molecular formula is C24H21N3O3. The number of furan rings is 1. The van der Waals surface area contributed by atoms with Gasteiger partial charge in [0.05, 0.1) is 30.3 Å². The first-order chi connectivity index (χ1) is 14.7. The number of hydrogen-bond acceptors (Lipinski definition) is 5. The van der Waals surface area contributed by atoms with E-state index in [1.54, 1.807) is 13.4 Å². The van der Waals surface area contributed by atoms with Crippen molar-refractivity contribution in [3.05, 3.63) is 90.0 Å². The Hall–Kier alpha value is -3.80. The Bertz CT molecular complexity index is 1160. The quantitative estimate of drug-likeness (QED) is 0.504. The molecule has 0 saturated carbocycles. The smallest absolute Gasteiger partial charge is 0.169 e. The van der Waals surface area contributed by atoms with Gasteiger partial charge in [-0.1, -0.05) is 18.2 Å². The molecule has 1 N–H and O–H groups in total. The molecule has 0 fully saturated rings. The minimum absolute atomic E-state index is 0.00741. The summed E-state index contributed by atoms with van der Waals surface area (Å²) >= 11 is 0. The Morgan fingerprint density at radius 3 is 2.53 bits per heavy atom. The number of ketones is 1. The van der Waals surface area contributed by atoms with Gasteiger partial charge in [-0.15, -0.1) is 5.10 Å². The van der Waals surface area contributed by atoms with E-state index in [1.165, 1.54) is 0 Å². The maximum Gasteiger partial charge on any atom is 0.169 e. The predicted octanol–water partition coefficient (Wildman–Crippen LogP) is 5.13. The second-order valence-electron chi connectivity index (χ2n) is 7.31. The standard InChI is InChI=1S/C24H21N3O3/c1-29-19-11-9-17(10-12-19)25-24-23-20(27(26-24)18-6-3-2-4-7-18)14-16(15-21(23)28)22-8-5-13-30-22/h2-13,16H,14-15H2,1H3,(H,25,26)/t16-/m0/s1. The Labute approximate surface area is 174 Å². The van der Waals surface area contributed by atoms with Gasteiger partial charge in [0.15, 0.2) is 11.6 Å². The summed E-state index contributed by atoms with van der Waals surface area (Å²) < 4.78 is 12.7. The zero-order valence-electron chi connectivity index (χ0n) is 16.5. The van der Waals surface area contributed by atoms with Crippen molar-refractivity contribution in [3.8, 4) is 11.4 Å². The number of benzene rings is 2. The zero-order chi connectivity index (χ0) is 20.5. The van der Waals surface area contributed by atoms with Crippen molar-refractivity contribution >= 4 is 17.3 Å². The molecule has 0 radical (unpaired) electrons. The lowest BCUT2D eigenvalue weighted by Crippen LogP contribution is -2.20. The fourth-order valence-corrected chi connectivity index (χ4v) is 3.97. The number of carbonyl (C=O) groups excluding carboxylic acids is 1. The van der Waals surface area contributed by atoms with Gasteiger partial charge in [0.2, 0.25) is 0 Å². The van der Waals surface area contributed by atoms with E-state index in [0.29, 0.717) is 24.2 Å². The third-order valence-electron chi connectivity index (χ3n) is 5.43. The Balaban J connectivity index is 1.58. The number of hydrogen-bond donors (Lipinski definition) is 1. The number of nitrogens with one attached hydrogen (secondary N) is 1. The topological polar surface area (TPSA) is 69.3 Å². The number of aromatic nitrogens is 2. The van der Waals surface area contributed by atoms with E-state index in [2.05, 4.69) is 5.32 Å². The lowest BCUT2D eigenvalue weighted by atomic mass is 9.85. The van der Waals surface area contributed by atoms with Crippen LogP contribution >= 0.6 is 0 Å². The van der Waals surface area contributed by atoms with Crippen LogP contribution in [0.5, 0.6) is 5.75 Å². The second-order valence-corrected chi connectivity index (χ2v) is 7.31. The maximum atomic E-state index is 13.2. The number of anilines is 2. The molecule has 2 aromatic heterocycles. The molecule has 1 aliphatic rings. The van der Waals surface area contributed by atoms with E-state index in [1.807, 2.05) is 71.4 Å². The highest BCUT2D eigenvalue weighted by Crippen LogP contribution is 2.38. The van der Waals surface area contributed by atoms with Gasteiger partial charge in [-0.2, -0.15) is 0 Å². The molecule has 0 aliphatic heterocycles. The second kappa shape index (κ2) is 7.55. The van der Waals surface area contributed by atoms with E-state index in [0.717, 1.165) is 28.6 Å². The molecule has 30 heavy (non-hydrogen) atoms. The summed E-state index contributed by atoms with van der Waals surface area (Å²) in [5.41, 5.74) is 3.31. The Morgan fingerprint density at radius 1 is 1.03 bits per heavy atom. The van der Waals surface area contributed by atoms with E-state index < -0.39 is 0 Å². The molecule has 0 saturated heterocycles. The number of ether oxygens (including phenoxy) is 1. The normalized spacial score (nSPS) is 15.6. The molecule has 0 spiro atoms. The third-order valence-corrected chi connectivity index (χ3v) is 5.43. The monoisotopic (exact) mass is 399 g/mol. The highest BCUT2D eigenvalue weighted by atomic mass is 16.5. The van der Waals surface area contributed by atoms with Crippen LogP contribution in [0.4, 0.5) is 11.5 Å². The predicted molar refractivity (Wildman–Crippen MR) is 114 cm³/mol. The summed E-state index contributed by atoms with van der Waals surface area (Å²) in [6.07, 6.45) is 2.74. The summed E-state index contributed by atoms with van der Waals surface area (Å²) in [6.45, 7) is 0. The van der Waals surface area contributed by atoms with Crippen molar-refractivity contribution in [2.45, 2.75) is 18.8 Å². The number of Topliss-reactive ketones (excluding diaryl/α,β-unsaturated/α-hetero) is 1. The van der Waals surface area contributed by atoms with E-state index in [9.17, 15) is 4.79 Å². The lowest BCUT2D eigenvalue weighted by Gasteiger charge is -2.21. The number of para-hydroxylation sites is 1. The van der Waals surface area contributed by atoms with Crippen LogP contribution in [0.3, 0.4) is 0 Å². The van der Waals surface area contributed by atoms with Crippen LogP contribution in [0.1, 0.15) is 34.2 Å². The molecule has 2 aromatic carbocycles. The van der Waals surface area contributed by atoms with Gasteiger partial charge in [-0.05, 0) is 48.5 Å². The molecule has 1 aliphatic carbocycles. The highest BCUT2D eigenvalue weighted by molar-refractivity contribution is 6.03. The van der Waals surface area contributed by atoms with Gasteiger partial charge >= 0.3 is 0 Å². The van der Waals surface area contributed by atoms with Crippen molar-refractivity contribution in [2.24, 2.45) is 0 Å². The van der Waals surface area contributed by atoms with Crippen LogP contribution in [-0.4, -0.2) is 22.7 Å². The molecular weight excluding hydrogens is 378 g/mol. The molecule has 0 unspecified atom stereocenters. The van der Waals surface area contributed by atoms with Gasteiger partial charge in [0, 0.05) is 24.4 Å². The van der Waals surface area contributed by atoms with E-state index in [-0.39, 0.29) is 11.7 Å². The summed E-state index contributed by atoms with van der Waals surface area (Å²) in [4.78, 5) is 13.2. The van der Waals surface area contributed by atoms with Crippen molar-refractivity contribution in [1.82, 2.24) is 9.78 Å². The number of fused-ring (bicyclic) bond motifs is 1. The highest BCUT2D eigenvalue weighted by Gasteiger charge is 2.34. The molecule has 6 heteroatoms. The van der Waals surface area contributed by atoms with Crippen molar-refractivity contribution in [3.63, 3.8) is 0 Å². The van der Waals surface area contributed by atoms with Gasteiger partial charge in [-0.25, -0.2) is 4.68 Å². The molecule has 0 amide bonds. The Kier molecular flexibility index (Phi) is 4.59. The van der Waals surface area contributed by atoms with E-state index in [4.69, 9.17) is 14.3 Å². The summed E-state index contributed by atoms with van der Waals surface area (Å²) in [6, 6.07) is 21.2. The van der Waals surface area contributed by atoms with Crippen LogP contribution in [-0.2, 0) is 6.42 Å². The van der Waals surface area contributed by atoms with Gasteiger partial charge < -0.3 is 14.5 Å². The SMILES string of the molecule is COc1ccc(Nc2nn(-c3ccccc3)c3c2C(=O)C[C@@H](c2ccco2)C3)cc1. The van der Waals surface area contributed by atoms with Crippen LogP contribution in [0.25, 0.3) is 5.69 Å². The first-order valence-corrected chi connectivity index (χ1v) is 9.88. The molecule has 2 heterocycles. The number of nitrogens with zero attached hydrogens (tertiary/aromatic N) is 2. The first-order valence-electron chi connectivity index (χ1n) is 9.88. The van der Waals surface area contributed by atoms with Gasteiger partial charge in [0.25, 0.3) is 0 Å². The molecule has 150 valence electrons. The number of carbonyl (C=O) groups is 1. The van der Waals surface area contributed by atoms with Crippen LogP contribution < -0.4 is 10.1 Å². The van der Waals surface area contributed by atoms with Crippen LogP contribution in [0, 0.1) is 0 Å². The fraction of sp³-hybridized carbons (Fsp3) is 0.167. The van der Waals surface area contributed by atoms with Crippen LogP contribution in [0.2, 0.25) is 0 Å². The average molecular weight is 399 g/mol. The number of rotatable bonds is 5. The summed E-state index contributed by atoms with van der Waals surface area (Å²) in [7, 11) is 1.63. The Morgan fingerprint density at radius 2 is 1.83 bits per heavy atom. The molecule has 6 nitrogen and oxygen atoms in total. The minimum atomic E-state index is 0.00741. The maximum absolute atomic E-state index is 13.2. The average Bonchev–Trinajstić information content (AvgIpc) is 3.44. The molecule has 4 aromatic rings. The summed E-state index contributed by atoms with van der Waals surface area (Å²) in [5.74, 6) is 2.25. The minimum Gasteiger partial charge on any atom is -0.497 e. The van der Waals surface area contributed by atoms with Gasteiger partial charge in [-0.3, -0.25) is 4.79 Å². The fourth-order valence-electron chi connectivity index (χ4n) is 3.97. The molecule has 0 bridgehead atoms. The van der Waals surface area contributed by atoms with E-state index >= 15 is 0 Å². The van der Waals surface area contributed by atoms with Crippen molar-refractivity contribution < 1.29 is 13.9 Å². The molecule has 5 rings (SSSR count). The largest absolute Gasteiger partial charge is 0.497 e. The first kappa shape index (κ1) is 18.2.